The van der Waals surface area contributed by atoms with Gasteiger partial charge < -0.3 is 39.8 Å². The van der Waals surface area contributed by atoms with Gasteiger partial charge >= 0.3 is 12.2 Å². The molecule has 3 aliphatic heterocycles. The molecule has 62 heavy (non-hydrogen) atoms. The van der Waals surface area contributed by atoms with E-state index in [9.17, 15) is 28.0 Å². The Hall–Kier alpha value is -5.23. The van der Waals surface area contributed by atoms with Gasteiger partial charge in [-0.05, 0) is 96.3 Å². The summed E-state index contributed by atoms with van der Waals surface area (Å²) in [6.07, 6.45) is 2.94. The number of hydrogen-bond acceptors (Lipinski definition) is 8. The van der Waals surface area contributed by atoms with Gasteiger partial charge in [0.25, 0.3) is 11.8 Å². The van der Waals surface area contributed by atoms with E-state index in [0.717, 1.165) is 9.80 Å². The van der Waals surface area contributed by atoms with Gasteiger partial charge in [0.2, 0.25) is 11.8 Å². The highest BCUT2D eigenvalue weighted by atomic mass is 19.3. The molecule has 5 aliphatic rings. The minimum Gasteiger partial charge on any atom is -0.444 e. The third-order valence-corrected chi connectivity index (χ3v) is 11.0. The molecule has 1 unspecified atom stereocenters. The molecule has 2 fully saturated rings. The molecule has 6 rings (SSSR count). The predicted molar refractivity (Wildman–Crippen MR) is 216 cm³/mol. The minimum atomic E-state index is -3.33. The quantitative estimate of drug-likeness (QED) is 0.267. The molecule has 0 bridgehead atoms. The first kappa shape index (κ1) is 46.3. The molecule has 340 valence electrons. The zero-order valence-corrected chi connectivity index (χ0v) is 36.1. The second kappa shape index (κ2) is 17.1. The molecular weight excluding hydrogens is 825 g/mol. The molecule has 0 radical (unpaired) electrons. The molecule has 1 aromatic heterocycles. The van der Waals surface area contributed by atoms with Crippen molar-refractivity contribution >= 4 is 35.8 Å². The van der Waals surface area contributed by atoms with E-state index in [2.05, 4.69) is 16.0 Å². The van der Waals surface area contributed by atoms with Crippen LogP contribution >= 0.6 is 0 Å². The Bertz CT molecular complexity index is 2240. The van der Waals surface area contributed by atoms with Crippen LogP contribution in [0, 0.1) is 0 Å². The van der Waals surface area contributed by atoms with E-state index in [0.29, 0.717) is 16.5 Å². The van der Waals surface area contributed by atoms with Crippen molar-refractivity contribution in [2.45, 2.75) is 154 Å². The smallest absolute Gasteiger partial charge is 0.408 e. The fraction of sp³-hybridized carbons (Fsp3) is 0.605. The molecule has 0 aromatic carbocycles. The number of nitrogens with zero attached hydrogens (tertiary/aromatic N) is 4. The van der Waals surface area contributed by atoms with Crippen LogP contribution in [0.25, 0.3) is 11.8 Å². The number of nitrogens with one attached hydrogen (secondary N) is 3. The number of ether oxygens (including phenoxy) is 2. The van der Waals surface area contributed by atoms with Crippen LogP contribution in [0.15, 0.2) is 47.1 Å². The first-order chi connectivity index (χ1) is 28.8. The number of likely N-dealkylation sites (tertiary alicyclic amines) is 2. The molecule has 2 saturated heterocycles. The molecule has 19 heteroatoms. The number of imidazole rings is 1. The summed E-state index contributed by atoms with van der Waals surface area (Å²) in [6.45, 7) is 10.9. The first-order valence-corrected chi connectivity index (χ1v) is 20.8. The van der Waals surface area contributed by atoms with Gasteiger partial charge in [0.15, 0.2) is 5.48 Å². The van der Waals surface area contributed by atoms with Crippen molar-refractivity contribution < 1.29 is 55.0 Å². The number of fused-ring (bicyclic) bond motifs is 2. The highest BCUT2D eigenvalue weighted by Crippen LogP contribution is 2.41. The summed E-state index contributed by atoms with van der Waals surface area (Å²) in [5, 5.41) is 8.56. The third-order valence-electron chi connectivity index (χ3n) is 11.0. The standard InChI is InChI=1S/C43H55F6N7O6/c1-9-29(52-38(59)61-40(3,4)5)36(57)55-21-42(46,47)18-25(55)17-28-27-13-11-23(44)15-31(27)50-34(28)35-51-32-16-24(45)12-14-33(32)54(35)20-26-19-43(48,49)22-56(26)37(58)30(10-2)53-39(60)62-41(6,7)8/h11-15,25-26,29-31,50H,9-10,16-22H2,1-8H3,(H,52,59)(H,53,60)/t25-,26+,29+,30+,31?/m1/s1. The SMILES string of the molecule is CC[C@H](NC(=O)OC(C)(C)C)C(=O)N1CC(F)(F)C[C@H]1CC1=C2C=CC(F)=CC2NC1=c1nc2c(n1C[C@@H]1CC(F)(F)CN1C(=O)[C@H](CC)NC(=O)OC(C)(C)C)=CC=C(F)C2. The molecule has 3 N–H and O–H groups in total. The van der Waals surface area contributed by atoms with Crippen molar-refractivity contribution in [1.82, 2.24) is 35.3 Å². The van der Waals surface area contributed by atoms with Gasteiger partial charge in [-0.2, -0.15) is 0 Å². The normalized spacial score (nSPS) is 24.6. The molecule has 4 heterocycles. The van der Waals surface area contributed by atoms with Crippen molar-refractivity contribution in [1.29, 1.82) is 0 Å². The van der Waals surface area contributed by atoms with E-state index in [4.69, 9.17) is 14.5 Å². The molecule has 4 amide bonds. The van der Waals surface area contributed by atoms with Gasteiger partial charge in [0, 0.05) is 31.8 Å². The average Bonchev–Trinajstić information content (AvgIpc) is 3.86. The largest absolute Gasteiger partial charge is 0.444 e. The number of hydrogen-bond donors (Lipinski definition) is 3. The summed E-state index contributed by atoms with van der Waals surface area (Å²) in [5.41, 5.74) is -0.397. The summed E-state index contributed by atoms with van der Waals surface area (Å²) < 4.78 is 103. The maximum Gasteiger partial charge on any atom is 0.408 e. The van der Waals surface area contributed by atoms with Crippen molar-refractivity contribution in [3.8, 4) is 0 Å². The number of rotatable bonds is 10. The van der Waals surface area contributed by atoms with Crippen LogP contribution in [-0.4, -0.2) is 110 Å². The minimum absolute atomic E-state index is 0.0595. The van der Waals surface area contributed by atoms with Crippen LogP contribution < -0.4 is 26.8 Å². The Morgan fingerprint density at radius 2 is 1.37 bits per heavy atom. The van der Waals surface area contributed by atoms with E-state index in [-0.39, 0.29) is 49.1 Å². The Morgan fingerprint density at radius 3 is 1.90 bits per heavy atom. The van der Waals surface area contributed by atoms with Crippen LogP contribution in [0.3, 0.4) is 0 Å². The second-order valence-electron chi connectivity index (χ2n) is 18.4. The zero-order chi connectivity index (χ0) is 45.7. The number of carbonyl (C=O) groups excluding carboxylic acids is 4. The van der Waals surface area contributed by atoms with E-state index in [1.54, 1.807) is 60.0 Å². The Kier molecular flexibility index (Phi) is 12.8. The molecule has 13 nitrogen and oxygen atoms in total. The second-order valence-corrected chi connectivity index (χ2v) is 18.4. The number of aromatic nitrogens is 2. The fourth-order valence-corrected chi connectivity index (χ4v) is 8.47. The Balaban J connectivity index is 1.41. The van der Waals surface area contributed by atoms with Crippen LogP contribution in [-0.2, 0) is 32.0 Å². The van der Waals surface area contributed by atoms with Crippen LogP contribution in [0.2, 0.25) is 0 Å². The number of carbonyl (C=O) groups is 4. The maximum atomic E-state index is 15.4. The highest BCUT2D eigenvalue weighted by molar-refractivity contribution is 5.87. The summed E-state index contributed by atoms with van der Waals surface area (Å²) in [4.78, 5) is 60.1. The summed E-state index contributed by atoms with van der Waals surface area (Å²) >= 11 is 0. The van der Waals surface area contributed by atoms with E-state index < -0.39 is 115 Å². The lowest BCUT2D eigenvalue weighted by Gasteiger charge is -2.30. The van der Waals surface area contributed by atoms with Gasteiger partial charge in [-0.15, -0.1) is 0 Å². The molecular formula is C43H55F6N7O6. The number of allylic oxidation sites excluding steroid dienone is 4. The summed E-state index contributed by atoms with van der Waals surface area (Å²) in [5.74, 6) is -9.29. The summed E-state index contributed by atoms with van der Waals surface area (Å²) in [6, 6.07) is -5.54. The van der Waals surface area contributed by atoms with Gasteiger partial charge in [0.1, 0.15) is 34.9 Å². The molecule has 1 aromatic rings. The van der Waals surface area contributed by atoms with Gasteiger partial charge in [-0.1, -0.05) is 19.9 Å². The maximum absolute atomic E-state index is 15.4. The molecule has 0 spiro atoms. The molecule has 2 aliphatic carbocycles. The van der Waals surface area contributed by atoms with Crippen molar-refractivity contribution in [2.75, 3.05) is 13.1 Å². The fourth-order valence-electron chi connectivity index (χ4n) is 8.47. The molecule has 5 atom stereocenters. The number of halogens is 6. The number of alkyl carbamates (subject to hydrolysis) is 2. The predicted octanol–water partition coefficient (Wildman–Crippen LogP) is 5.34. The van der Waals surface area contributed by atoms with Gasteiger partial charge in [-0.25, -0.2) is 40.9 Å². The monoisotopic (exact) mass is 879 g/mol. The van der Waals surface area contributed by atoms with Crippen molar-refractivity contribution in [2.24, 2.45) is 0 Å². The summed E-state index contributed by atoms with van der Waals surface area (Å²) in [7, 11) is 0. The van der Waals surface area contributed by atoms with Gasteiger partial charge in [-0.3, -0.25) is 9.59 Å². The van der Waals surface area contributed by atoms with Gasteiger partial charge in [0.05, 0.1) is 41.9 Å². The Labute approximate surface area is 356 Å². The average molecular weight is 880 g/mol. The van der Waals surface area contributed by atoms with E-state index >= 15 is 17.6 Å². The number of amides is 4. The number of alkyl halides is 4. The highest BCUT2D eigenvalue weighted by Gasteiger charge is 2.51. The van der Waals surface area contributed by atoms with Crippen LogP contribution in [0.5, 0.6) is 0 Å². The first-order valence-electron chi connectivity index (χ1n) is 20.8. The lowest BCUT2D eigenvalue weighted by Crippen LogP contribution is -2.52. The Morgan fingerprint density at radius 1 is 0.839 bits per heavy atom. The van der Waals surface area contributed by atoms with Crippen LogP contribution in [0.1, 0.15) is 93.2 Å². The lowest BCUT2D eigenvalue weighted by atomic mass is 9.94. The third kappa shape index (κ3) is 10.5. The van der Waals surface area contributed by atoms with Crippen molar-refractivity contribution in [3.63, 3.8) is 0 Å². The van der Waals surface area contributed by atoms with E-state index in [1.807, 2.05) is 0 Å². The van der Waals surface area contributed by atoms with Crippen molar-refractivity contribution in [3.05, 3.63) is 63.6 Å². The molecule has 0 saturated carbocycles. The van der Waals surface area contributed by atoms with Crippen LogP contribution in [0.4, 0.5) is 35.9 Å². The zero-order valence-electron chi connectivity index (χ0n) is 36.1. The van der Waals surface area contributed by atoms with E-state index in [1.165, 1.54) is 30.4 Å². The topological polar surface area (TPSA) is 147 Å². The lowest BCUT2D eigenvalue weighted by molar-refractivity contribution is -0.136.